The third kappa shape index (κ3) is 4.15. The van der Waals surface area contributed by atoms with Crippen molar-refractivity contribution in [2.45, 2.75) is 13.8 Å². The van der Waals surface area contributed by atoms with E-state index >= 15 is 0 Å². The van der Waals surface area contributed by atoms with Crippen molar-refractivity contribution in [3.8, 4) is 6.07 Å². The van der Waals surface area contributed by atoms with Crippen molar-refractivity contribution >= 4 is 5.91 Å². The molecule has 3 heteroatoms. The molecule has 0 spiro atoms. The molecule has 1 amide bonds. The predicted molar refractivity (Wildman–Crippen MR) is 42.6 cm³/mol. The molecule has 0 aliphatic heterocycles. The van der Waals surface area contributed by atoms with Crippen molar-refractivity contribution in [2.24, 2.45) is 5.41 Å². The Bertz CT molecular complexity index is 201. The highest BCUT2D eigenvalue weighted by atomic mass is 16.1. The number of nitriles is 1. The van der Waals surface area contributed by atoms with Crippen LogP contribution >= 0.6 is 0 Å². The van der Waals surface area contributed by atoms with Gasteiger partial charge in [-0.2, -0.15) is 5.26 Å². The highest BCUT2D eigenvalue weighted by molar-refractivity contribution is 5.86. The predicted octanol–water partition coefficient (Wildman–Crippen LogP) is 0.838. The summed E-state index contributed by atoms with van der Waals surface area (Å²) in [6, 6.07) is 2.07. The summed E-state index contributed by atoms with van der Waals surface area (Å²) in [6.07, 6.45) is 1.19. The zero-order chi connectivity index (χ0) is 8.91. The van der Waals surface area contributed by atoms with Crippen LogP contribution in [-0.4, -0.2) is 12.5 Å². The standard InChI is InChI=1S/C8H12N2O/c1-4-7(11)10-6-8(2,3)5-9/h4H,1,6H2,2-3H3,(H,10,11). The van der Waals surface area contributed by atoms with Gasteiger partial charge in [-0.3, -0.25) is 4.79 Å². The SMILES string of the molecule is C=CC(=O)NCC(C)(C)C#N. The van der Waals surface area contributed by atoms with Crippen LogP contribution in [0.2, 0.25) is 0 Å². The molecule has 0 aromatic rings. The maximum Gasteiger partial charge on any atom is 0.243 e. The Hall–Kier alpha value is -1.30. The summed E-state index contributed by atoms with van der Waals surface area (Å²) in [7, 11) is 0. The molecule has 0 aromatic heterocycles. The first-order valence-electron chi connectivity index (χ1n) is 3.33. The van der Waals surface area contributed by atoms with Crippen molar-refractivity contribution in [1.82, 2.24) is 5.32 Å². The van der Waals surface area contributed by atoms with Crippen LogP contribution in [0.25, 0.3) is 0 Å². The first kappa shape index (κ1) is 9.70. The van der Waals surface area contributed by atoms with E-state index in [1.807, 2.05) is 0 Å². The lowest BCUT2D eigenvalue weighted by molar-refractivity contribution is -0.116. The molecule has 0 bridgehead atoms. The molecule has 0 heterocycles. The fraction of sp³-hybridized carbons (Fsp3) is 0.500. The molecule has 0 rings (SSSR count). The normalized spacial score (nSPS) is 9.91. The lowest BCUT2D eigenvalue weighted by Gasteiger charge is -2.14. The number of hydrogen-bond acceptors (Lipinski definition) is 2. The van der Waals surface area contributed by atoms with Gasteiger partial charge in [0, 0.05) is 6.54 Å². The highest BCUT2D eigenvalue weighted by Crippen LogP contribution is 2.09. The van der Waals surface area contributed by atoms with Crippen LogP contribution in [0, 0.1) is 16.7 Å². The fourth-order valence-electron chi connectivity index (χ4n) is 0.420. The second kappa shape index (κ2) is 3.77. The van der Waals surface area contributed by atoms with Gasteiger partial charge in [-0.15, -0.1) is 0 Å². The summed E-state index contributed by atoms with van der Waals surface area (Å²) in [5.74, 6) is -0.242. The topological polar surface area (TPSA) is 52.9 Å². The van der Waals surface area contributed by atoms with Crippen LogP contribution in [0.5, 0.6) is 0 Å². The molecule has 60 valence electrons. The summed E-state index contributed by atoms with van der Waals surface area (Å²) in [4.78, 5) is 10.6. The van der Waals surface area contributed by atoms with E-state index in [2.05, 4.69) is 18.0 Å². The van der Waals surface area contributed by atoms with Gasteiger partial charge in [0.05, 0.1) is 11.5 Å². The second-order valence-corrected chi connectivity index (χ2v) is 2.92. The molecule has 0 saturated heterocycles. The molecule has 0 saturated carbocycles. The zero-order valence-electron chi connectivity index (χ0n) is 6.85. The number of hydrogen-bond donors (Lipinski definition) is 1. The summed E-state index contributed by atoms with van der Waals surface area (Å²) < 4.78 is 0. The van der Waals surface area contributed by atoms with Crippen molar-refractivity contribution in [3.05, 3.63) is 12.7 Å². The van der Waals surface area contributed by atoms with Gasteiger partial charge in [0.2, 0.25) is 5.91 Å². The zero-order valence-corrected chi connectivity index (χ0v) is 6.85. The molecule has 0 aliphatic rings. The van der Waals surface area contributed by atoms with E-state index in [9.17, 15) is 4.79 Å². The Labute approximate surface area is 66.7 Å². The first-order valence-corrected chi connectivity index (χ1v) is 3.33. The van der Waals surface area contributed by atoms with E-state index in [1.54, 1.807) is 13.8 Å². The molecule has 11 heavy (non-hydrogen) atoms. The van der Waals surface area contributed by atoms with Crippen molar-refractivity contribution < 1.29 is 4.79 Å². The average Bonchev–Trinajstić information content (AvgIpc) is 2.00. The van der Waals surface area contributed by atoms with Gasteiger partial charge in [-0.05, 0) is 19.9 Å². The maximum atomic E-state index is 10.6. The molecule has 3 nitrogen and oxygen atoms in total. The number of amides is 1. The van der Waals surface area contributed by atoms with Crippen molar-refractivity contribution in [1.29, 1.82) is 5.26 Å². The summed E-state index contributed by atoms with van der Waals surface area (Å²) in [5, 5.41) is 11.1. The Balaban J connectivity index is 3.81. The van der Waals surface area contributed by atoms with Gasteiger partial charge < -0.3 is 5.32 Å². The fourth-order valence-corrected chi connectivity index (χ4v) is 0.420. The Kier molecular flexibility index (Phi) is 3.32. The Morgan fingerprint density at radius 2 is 2.36 bits per heavy atom. The number of carbonyl (C=O) groups excluding carboxylic acids is 1. The van der Waals surface area contributed by atoms with Crippen LogP contribution in [0.4, 0.5) is 0 Å². The molecule has 0 aliphatic carbocycles. The molecule has 0 radical (unpaired) electrons. The molecule has 0 aromatic carbocycles. The van der Waals surface area contributed by atoms with E-state index in [0.29, 0.717) is 6.54 Å². The summed E-state index contributed by atoms with van der Waals surface area (Å²) in [5.41, 5.74) is -0.501. The van der Waals surface area contributed by atoms with Crippen molar-refractivity contribution in [2.75, 3.05) is 6.54 Å². The Morgan fingerprint density at radius 3 is 2.73 bits per heavy atom. The van der Waals surface area contributed by atoms with Gasteiger partial charge in [-0.1, -0.05) is 6.58 Å². The summed E-state index contributed by atoms with van der Waals surface area (Å²) in [6.45, 7) is 7.17. The third-order valence-corrected chi connectivity index (χ3v) is 1.19. The monoisotopic (exact) mass is 152 g/mol. The molecule has 0 unspecified atom stereocenters. The maximum absolute atomic E-state index is 10.6. The number of nitrogens with one attached hydrogen (secondary N) is 1. The number of carbonyl (C=O) groups is 1. The van der Waals surface area contributed by atoms with E-state index in [0.717, 1.165) is 0 Å². The lowest BCUT2D eigenvalue weighted by Crippen LogP contribution is -2.31. The van der Waals surface area contributed by atoms with Gasteiger partial charge >= 0.3 is 0 Å². The van der Waals surface area contributed by atoms with Crippen molar-refractivity contribution in [3.63, 3.8) is 0 Å². The molecule has 0 atom stereocenters. The Morgan fingerprint density at radius 1 is 1.82 bits per heavy atom. The highest BCUT2D eigenvalue weighted by Gasteiger charge is 2.16. The van der Waals surface area contributed by atoms with Gasteiger partial charge in [0.25, 0.3) is 0 Å². The quantitative estimate of drug-likeness (QED) is 0.609. The average molecular weight is 152 g/mol. The first-order chi connectivity index (χ1) is 5.02. The van der Waals surface area contributed by atoms with Crippen LogP contribution in [0.3, 0.4) is 0 Å². The second-order valence-electron chi connectivity index (χ2n) is 2.92. The van der Waals surface area contributed by atoms with Crippen LogP contribution < -0.4 is 5.32 Å². The minimum absolute atomic E-state index is 0.242. The molecular formula is C8H12N2O. The van der Waals surface area contributed by atoms with E-state index in [-0.39, 0.29) is 5.91 Å². The van der Waals surface area contributed by atoms with Crippen LogP contribution in [-0.2, 0) is 4.79 Å². The van der Waals surface area contributed by atoms with E-state index in [4.69, 9.17) is 5.26 Å². The largest absolute Gasteiger partial charge is 0.351 e. The van der Waals surface area contributed by atoms with Crippen LogP contribution in [0.1, 0.15) is 13.8 Å². The van der Waals surface area contributed by atoms with E-state index < -0.39 is 5.41 Å². The molecular weight excluding hydrogens is 140 g/mol. The van der Waals surface area contributed by atoms with Gasteiger partial charge in [-0.25, -0.2) is 0 Å². The minimum atomic E-state index is -0.501. The van der Waals surface area contributed by atoms with Gasteiger partial charge in [0.15, 0.2) is 0 Å². The molecule has 0 fully saturated rings. The number of rotatable bonds is 3. The number of nitrogens with zero attached hydrogens (tertiary/aromatic N) is 1. The smallest absolute Gasteiger partial charge is 0.243 e. The lowest BCUT2D eigenvalue weighted by atomic mass is 9.96. The summed E-state index contributed by atoms with van der Waals surface area (Å²) >= 11 is 0. The van der Waals surface area contributed by atoms with E-state index in [1.165, 1.54) is 6.08 Å². The third-order valence-electron chi connectivity index (χ3n) is 1.19. The minimum Gasteiger partial charge on any atom is -0.351 e. The molecule has 1 N–H and O–H groups in total. The van der Waals surface area contributed by atoms with Crippen LogP contribution in [0.15, 0.2) is 12.7 Å². The van der Waals surface area contributed by atoms with Gasteiger partial charge in [0.1, 0.15) is 0 Å².